The van der Waals surface area contributed by atoms with Crippen molar-refractivity contribution >= 4 is 48.4 Å². The van der Waals surface area contributed by atoms with Gasteiger partial charge >= 0.3 is 0 Å². The molecule has 2 aromatic rings. The smallest absolute Gasteiger partial charge is 0.267 e. The molecule has 2 N–H and O–H groups in total. The van der Waals surface area contributed by atoms with Gasteiger partial charge < -0.3 is 5.32 Å². The fraction of sp³-hybridized carbons (Fsp3) is 0.500. The van der Waals surface area contributed by atoms with Crippen LogP contribution in [0.5, 0.6) is 0 Å². The number of carbonyl (C=O) groups excluding carboxylic acids is 1. The maximum Gasteiger partial charge on any atom is 0.267 e. The largest absolute Gasteiger partial charge is 0.381 e. The van der Waals surface area contributed by atoms with Crippen molar-refractivity contribution in [3.63, 3.8) is 0 Å². The van der Waals surface area contributed by atoms with Crippen LogP contribution in [-0.4, -0.2) is 35.0 Å². The topological polar surface area (TPSA) is 96.4 Å². The highest BCUT2D eigenvalue weighted by Crippen LogP contribution is 2.35. The first-order valence-corrected chi connectivity index (χ1v) is 11.8. The minimum absolute atomic E-state index is 0.0329. The molecule has 1 saturated carbocycles. The number of rotatable bonds is 6. The summed E-state index contributed by atoms with van der Waals surface area (Å²) >= 11 is 3.49. The maximum absolute atomic E-state index is 12.5. The standard InChI is InChI=1S/C20H25BrN2O4S/c1-3-19(24)17-11-22-18-9-6-14(21)10-16(18)20(17)23-15-7-4-13(5-8-15)12(2)28(25,26)27/h6,9-13,15H,3-5,7-8H2,1-2H3,(H,22,23)(H,25,26,27). The fourth-order valence-electron chi connectivity index (χ4n) is 3.90. The van der Waals surface area contributed by atoms with Gasteiger partial charge in [0.15, 0.2) is 5.78 Å². The van der Waals surface area contributed by atoms with E-state index in [0.29, 0.717) is 24.8 Å². The minimum atomic E-state index is -4.01. The molecule has 1 aromatic carbocycles. The van der Waals surface area contributed by atoms with Crippen molar-refractivity contribution in [1.29, 1.82) is 0 Å². The molecule has 28 heavy (non-hydrogen) atoms. The third-order valence-corrected chi connectivity index (χ3v) is 7.52. The normalized spacial score (nSPS) is 21.4. The van der Waals surface area contributed by atoms with Gasteiger partial charge in [0.1, 0.15) is 0 Å². The van der Waals surface area contributed by atoms with Crippen LogP contribution in [0, 0.1) is 5.92 Å². The van der Waals surface area contributed by atoms with Crippen LogP contribution in [0.3, 0.4) is 0 Å². The molecule has 1 aromatic heterocycles. The summed E-state index contributed by atoms with van der Waals surface area (Å²) in [5.41, 5.74) is 2.19. The van der Waals surface area contributed by atoms with E-state index in [0.717, 1.165) is 33.9 Å². The van der Waals surface area contributed by atoms with Gasteiger partial charge in [0.25, 0.3) is 10.1 Å². The highest BCUT2D eigenvalue weighted by Gasteiger charge is 2.32. The van der Waals surface area contributed by atoms with Crippen LogP contribution in [0.15, 0.2) is 28.9 Å². The van der Waals surface area contributed by atoms with Gasteiger partial charge in [0.05, 0.1) is 22.0 Å². The summed E-state index contributed by atoms with van der Waals surface area (Å²) in [5, 5.41) is 3.68. The van der Waals surface area contributed by atoms with Crippen molar-refractivity contribution in [2.24, 2.45) is 5.92 Å². The first kappa shape index (κ1) is 21.2. The van der Waals surface area contributed by atoms with Crippen molar-refractivity contribution in [3.05, 3.63) is 34.4 Å². The Morgan fingerprint density at radius 1 is 1.32 bits per heavy atom. The van der Waals surface area contributed by atoms with E-state index < -0.39 is 15.4 Å². The lowest BCUT2D eigenvalue weighted by Crippen LogP contribution is -2.34. The molecule has 0 radical (unpaired) electrons. The number of fused-ring (bicyclic) bond motifs is 1. The van der Waals surface area contributed by atoms with Crippen LogP contribution in [0.2, 0.25) is 0 Å². The van der Waals surface area contributed by atoms with Crippen LogP contribution in [-0.2, 0) is 10.1 Å². The number of pyridine rings is 1. The second-order valence-corrected chi connectivity index (χ2v) is 10.2. The molecule has 1 aliphatic rings. The lowest BCUT2D eigenvalue weighted by molar-refractivity contribution is 0.0988. The van der Waals surface area contributed by atoms with E-state index in [2.05, 4.69) is 26.2 Å². The number of aromatic nitrogens is 1. The number of hydrogen-bond donors (Lipinski definition) is 2. The third-order valence-electron chi connectivity index (χ3n) is 5.71. The maximum atomic E-state index is 12.5. The van der Waals surface area contributed by atoms with Gasteiger partial charge in [0, 0.05) is 28.5 Å². The highest BCUT2D eigenvalue weighted by atomic mass is 79.9. The molecule has 0 bridgehead atoms. The fourth-order valence-corrected chi connectivity index (χ4v) is 5.02. The molecule has 6 nitrogen and oxygen atoms in total. The summed E-state index contributed by atoms with van der Waals surface area (Å²) in [6.45, 7) is 3.40. The van der Waals surface area contributed by atoms with E-state index in [-0.39, 0.29) is 17.7 Å². The van der Waals surface area contributed by atoms with Gasteiger partial charge in [-0.15, -0.1) is 0 Å². The zero-order chi connectivity index (χ0) is 20.5. The SMILES string of the molecule is CCC(=O)c1cnc2ccc(Br)cc2c1NC1CCC(C(C)S(=O)(=O)O)CC1. The Balaban J connectivity index is 1.86. The van der Waals surface area contributed by atoms with Crippen molar-refractivity contribution < 1.29 is 17.8 Å². The summed E-state index contributed by atoms with van der Waals surface area (Å²) in [5.74, 6) is -0.0151. The van der Waals surface area contributed by atoms with Crippen molar-refractivity contribution in [1.82, 2.24) is 4.98 Å². The Hall–Kier alpha value is -1.51. The molecule has 0 spiro atoms. The summed E-state index contributed by atoms with van der Waals surface area (Å²) in [4.78, 5) is 16.9. The Bertz CT molecular complexity index is 985. The van der Waals surface area contributed by atoms with Crippen LogP contribution in [0.4, 0.5) is 5.69 Å². The first-order valence-electron chi connectivity index (χ1n) is 9.55. The number of benzene rings is 1. The van der Waals surface area contributed by atoms with E-state index in [1.54, 1.807) is 13.1 Å². The minimum Gasteiger partial charge on any atom is -0.381 e. The lowest BCUT2D eigenvalue weighted by atomic mass is 9.84. The predicted octanol–water partition coefficient (Wildman–Crippen LogP) is 4.84. The van der Waals surface area contributed by atoms with E-state index in [9.17, 15) is 17.8 Å². The molecular weight excluding hydrogens is 444 g/mol. The van der Waals surface area contributed by atoms with E-state index >= 15 is 0 Å². The highest BCUT2D eigenvalue weighted by molar-refractivity contribution is 9.10. The number of Topliss-reactive ketones (excluding diaryl/α,β-unsaturated/α-hetero) is 1. The molecule has 1 fully saturated rings. The zero-order valence-electron chi connectivity index (χ0n) is 16.0. The van der Waals surface area contributed by atoms with E-state index in [1.807, 2.05) is 25.1 Å². The molecule has 8 heteroatoms. The van der Waals surface area contributed by atoms with Crippen LogP contribution >= 0.6 is 15.9 Å². The Morgan fingerprint density at radius 3 is 2.61 bits per heavy atom. The Kier molecular flexibility index (Phi) is 6.41. The van der Waals surface area contributed by atoms with Crippen molar-refractivity contribution in [2.75, 3.05) is 5.32 Å². The van der Waals surface area contributed by atoms with Gasteiger partial charge in [-0.2, -0.15) is 8.42 Å². The number of halogens is 1. The Labute approximate surface area is 174 Å². The molecule has 1 heterocycles. The predicted molar refractivity (Wildman–Crippen MR) is 114 cm³/mol. The van der Waals surface area contributed by atoms with Crippen LogP contribution < -0.4 is 5.32 Å². The molecule has 3 rings (SSSR count). The average Bonchev–Trinajstić information content (AvgIpc) is 2.67. The van der Waals surface area contributed by atoms with Crippen molar-refractivity contribution in [2.45, 2.75) is 57.2 Å². The van der Waals surface area contributed by atoms with E-state index in [4.69, 9.17) is 0 Å². The number of nitrogens with one attached hydrogen (secondary N) is 1. The summed E-state index contributed by atoms with van der Waals surface area (Å²) < 4.78 is 33.1. The quantitative estimate of drug-likeness (QED) is 0.465. The van der Waals surface area contributed by atoms with Crippen molar-refractivity contribution in [3.8, 4) is 0 Å². The molecule has 0 saturated heterocycles. The zero-order valence-corrected chi connectivity index (χ0v) is 18.4. The van der Waals surface area contributed by atoms with Crippen LogP contribution in [0.25, 0.3) is 10.9 Å². The Morgan fingerprint density at radius 2 is 2.00 bits per heavy atom. The monoisotopic (exact) mass is 468 g/mol. The van der Waals surface area contributed by atoms with Crippen LogP contribution in [0.1, 0.15) is 56.3 Å². The first-order chi connectivity index (χ1) is 13.2. The average molecular weight is 469 g/mol. The number of ketones is 1. The third kappa shape index (κ3) is 4.55. The second kappa shape index (κ2) is 8.47. The number of nitrogens with zero attached hydrogens (tertiary/aromatic N) is 1. The lowest BCUT2D eigenvalue weighted by Gasteiger charge is -2.32. The summed E-state index contributed by atoms with van der Waals surface area (Å²) in [6, 6.07) is 5.93. The molecule has 1 aliphatic carbocycles. The molecule has 0 amide bonds. The van der Waals surface area contributed by atoms with Gasteiger partial charge in [-0.1, -0.05) is 22.9 Å². The van der Waals surface area contributed by atoms with Gasteiger partial charge in [0.2, 0.25) is 0 Å². The summed E-state index contributed by atoms with van der Waals surface area (Å²) in [7, 11) is -4.01. The number of hydrogen-bond acceptors (Lipinski definition) is 5. The molecule has 1 unspecified atom stereocenters. The molecule has 1 atom stereocenters. The number of carbonyl (C=O) groups is 1. The molecule has 0 aliphatic heterocycles. The second-order valence-electron chi connectivity index (χ2n) is 7.46. The van der Waals surface area contributed by atoms with E-state index in [1.165, 1.54) is 0 Å². The number of anilines is 1. The van der Waals surface area contributed by atoms with Gasteiger partial charge in [-0.3, -0.25) is 14.3 Å². The van der Waals surface area contributed by atoms with Gasteiger partial charge in [-0.25, -0.2) is 0 Å². The summed E-state index contributed by atoms with van der Waals surface area (Å²) in [6.07, 6.45) is 5.01. The molecular formula is C20H25BrN2O4S. The van der Waals surface area contributed by atoms with Gasteiger partial charge in [-0.05, 0) is 56.7 Å². The molecule has 152 valence electrons.